The Labute approximate surface area is 176 Å². The first-order valence-corrected chi connectivity index (χ1v) is 9.91. The third kappa shape index (κ3) is 4.50. The SMILES string of the molecule is COc1ccc(CC(=O)N2CCCC(c3cc4nc(C(F)(F)F)ccc4[nH]3)C2)cc1F. The third-order valence-corrected chi connectivity index (χ3v) is 5.57. The zero-order valence-corrected chi connectivity index (χ0v) is 16.8. The quantitative estimate of drug-likeness (QED) is 0.606. The summed E-state index contributed by atoms with van der Waals surface area (Å²) in [6.07, 6.45) is -2.86. The number of pyridine rings is 1. The number of benzene rings is 1. The standard InChI is InChI=1S/C22H21F4N3O2/c1-31-19-6-4-13(9-15(19)23)10-21(30)29-8-2-3-14(12-29)17-11-18-16(27-17)5-7-20(28-18)22(24,25)26/h4-7,9,11,14,27H,2-3,8,10,12H2,1H3. The second kappa shape index (κ2) is 8.20. The minimum absolute atomic E-state index is 0.0335. The normalized spacial score (nSPS) is 17.2. The summed E-state index contributed by atoms with van der Waals surface area (Å²) < 4.78 is 57.5. The molecular weight excluding hydrogens is 414 g/mol. The number of rotatable bonds is 4. The molecule has 164 valence electrons. The molecule has 1 aliphatic heterocycles. The van der Waals surface area contributed by atoms with Crippen molar-refractivity contribution < 1.29 is 27.1 Å². The number of hydrogen-bond acceptors (Lipinski definition) is 3. The fourth-order valence-corrected chi connectivity index (χ4v) is 3.97. The van der Waals surface area contributed by atoms with E-state index in [0.717, 1.165) is 24.6 Å². The van der Waals surface area contributed by atoms with Gasteiger partial charge in [-0.3, -0.25) is 4.79 Å². The highest BCUT2D eigenvalue weighted by atomic mass is 19.4. The zero-order valence-electron chi connectivity index (χ0n) is 16.8. The second-order valence-electron chi connectivity index (χ2n) is 7.68. The highest BCUT2D eigenvalue weighted by Crippen LogP contribution is 2.32. The van der Waals surface area contributed by atoms with Gasteiger partial charge in [0, 0.05) is 24.7 Å². The number of piperidine rings is 1. The van der Waals surface area contributed by atoms with Crippen LogP contribution in [0.1, 0.15) is 35.7 Å². The van der Waals surface area contributed by atoms with Crippen LogP contribution in [0.3, 0.4) is 0 Å². The molecule has 4 rings (SSSR count). The Morgan fingerprint density at radius 2 is 2.06 bits per heavy atom. The largest absolute Gasteiger partial charge is 0.494 e. The molecule has 1 N–H and O–H groups in total. The van der Waals surface area contributed by atoms with Gasteiger partial charge in [0.15, 0.2) is 11.6 Å². The fraction of sp³-hybridized carbons (Fsp3) is 0.364. The minimum Gasteiger partial charge on any atom is -0.494 e. The summed E-state index contributed by atoms with van der Waals surface area (Å²) in [4.78, 5) is 21.3. The Bertz CT molecular complexity index is 1110. The summed E-state index contributed by atoms with van der Waals surface area (Å²) in [6.45, 7) is 1.03. The van der Waals surface area contributed by atoms with Crippen molar-refractivity contribution in [3.8, 4) is 5.75 Å². The van der Waals surface area contributed by atoms with Gasteiger partial charge < -0.3 is 14.6 Å². The summed E-state index contributed by atoms with van der Waals surface area (Å²) in [6, 6.07) is 8.39. The van der Waals surface area contributed by atoms with E-state index in [-0.39, 0.29) is 29.5 Å². The van der Waals surface area contributed by atoms with Gasteiger partial charge in [0.2, 0.25) is 5.91 Å². The third-order valence-electron chi connectivity index (χ3n) is 5.57. The van der Waals surface area contributed by atoms with E-state index in [4.69, 9.17) is 4.74 Å². The molecule has 1 aliphatic rings. The van der Waals surface area contributed by atoms with Gasteiger partial charge in [0.05, 0.1) is 24.6 Å². The number of carbonyl (C=O) groups is 1. The predicted molar refractivity (Wildman–Crippen MR) is 106 cm³/mol. The molecule has 2 aromatic heterocycles. The van der Waals surface area contributed by atoms with Crippen LogP contribution in [0.4, 0.5) is 17.6 Å². The smallest absolute Gasteiger partial charge is 0.433 e. The maximum Gasteiger partial charge on any atom is 0.433 e. The number of halogens is 4. The summed E-state index contributed by atoms with van der Waals surface area (Å²) >= 11 is 0. The zero-order chi connectivity index (χ0) is 22.2. The van der Waals surface area contributed by atoms with Crippen molar-refractivity contribution in [3.63, 3.8) is 0 Å². The van der Waals surface area contributed by atoms with Crippen molar-refractivity contribution in [2.75, 3.05) is 20.2 Å². The molecule has 0 radical (unpaired) electrons. The maximum atomic E-state index is 13.9. The Morgan fingerprint density at radius 1 is 1.26 bits per heavy atom. The summed E-state index contributed by atoms with van der Waals surface area (Å²) in [5.41, 5.74) is 1.16. The molecule has 1 amide bonds. The molecule has 0 aliphatic carbocycles. The van der Waals surface area contributed by atoms with Crippen LogP contribution < -0.4 is 4.74 Å². The Kier molecular flexibility index (Phi) is 5.60. The number of likely N-dealkylation sites (tertiary alicyclic amines) is 1. The monoisotopic (exact) mass is 435 g/mol. The highest BCUT2D eigenvalue weighted by Gasteiger charge is 2.33. The molecule has 0 spiro atoms. The molecule has 1 unspecified atom stereocenters. The molecule has 1 fully saturated rings. The van der Waals surface area contributed by atoms with Gasteiger partial charge in [-0.1, -0.05) is 6.07 Å². The molecule has 31 heavy (non-hydrogen) atoms. The van der Waals surface area contributed by atoms with Gasteiger partial charge in [0.1, 0.15) is 5.69 Å². The lowest BCUT2D eigenvalue weighted by Gasteiger charge is -2.32. The predicted octanol–water partition coefficient (Wildman–Crippen LogP) is 4.68. The number of alkyl halides is 3. The van der Waals surface area contributed by atoms with E-state index < -0.39 is 17.7 Å². The number of amides is 1. The molecule has 9 heteroatoms. The van der Waals surface area contributed by atoms with Crippen LogP contribution in [0.5, 0.6) is 5.75 Å². The van der Waals surface area contributed by atoms with Crippen molar-refractivity contribution in [2.45, 2.75) is 31.4 Å². The van der Waals surface area contributed by atoms with Crippen molar-refractivity contribution >= 4 is 16.9 Å². The van der Waals surface area contributed by atoms with Crippen LogP contribution >= 0.6 is 0 Å². The molecule has 5 nitrogen and oxygen atoms in total. The van der Waals surface area contributed by atoms with Gasteiger partial charge in [-0.05, 0) is 48.7 Å². The number of fused-ring (bicyclic) bond motifs is 1. The Hall–Kier alpha value is -3.10. The fourth-order valence-electron chi connectivity index (χ4n) is 3.97. The van der Waals surface area contributed by atoms with Crippen LogP contribution in [0.15, 0.2) is 36.4 Å². The molecule has 0 bridgehead atoms. The van der Waals surface area contributed by atoms with Gasteiger partial charge in [0.25, 0.3) is 0 Å². The molecular formula is C22H21F4N3O2. The number of aromatic nitrogens is 2. The number of H-pyrrole nitrogens is 1. The van der Waals surface area contributed by atoms with E-state index in [0.29, 0.717) is 24.2 Å². The number of carbonyl (C=O) groups excluding carboxylic acids is 1. The van der Waals surface area contributed by atoms with Crippen LogP contribution in [-0.2, 0) is 17.4 Å². The topological polar surface area (TPSA) is 58.2 Å². The highest BCUT2D eigenvalue weighted by molar-refractivity contribution is 5.79. The van der Waals surface area contributed by atoms with E-state index >= 15 is 0 Å². The van der Waals surface area contributed by atoms with Crippen molar-refractivity contribution in [1.29, 1.82) is 0 Å². The Morgan fingerprint density at radius 3 is 2.77 bits per heavy atom. The average molecular weight is 435 g/mol. The van der Waals surface area contributed by atoms with Crippen LogP contribution in [-0.4, -0.2) is 41.0 Å². The first-order chi connectivity index (χ1) is 14.7. The maximum absolute atomic E-state index is 13.9. The lowest BCUT2D eigenvalue weighted by atomic mass is 9.94. The molecule has 0 saturated carbocycles. The second-order valence-corrected chi connectivity index (χ2v) is 7.68. The molecule has 3 aromatic rings. The van der Waals surface area contributed by atoms with E-state index in [1.807, 2.05) is 0 Å². The first-order valence-electron chi connectivity index (χ1n) is 9.91. The van der Waals surface area contributed by atoms with Gasteiger partial charge >= 0.3 is 6.18 Å². The van der Waals surface area contributed by atoms with E-state index in [9.17, 15) is 22.4 Å². The number of aromatic amines is 1. The minimum atomic E-state index is -4.50. The van der Waals surface area contributed by atoms with E-state index in [1.165, 1.54) is 25.3 Å². The lowest BCUT2D eigenvalue weighted by Crippen LogP contribution is -2.40. The van der Waals surface area contributed by atoms with Gasteiger partial charge in [-0.25, -0.2) is 9.37 Å². The summed E-state index contributed by atoms with van der Waals surface area (Å²) in [7, 11) is 1.38. The number of ether oxygens (including phenoxy) is 1. The van der Waals surface area contributed by atoms with Gasteiger partial charge in [-0.15, -0.1) is 0 Å². The molecule has 3 heterocycles. The number of nitrogens with zero attached hydrogens (tertiary/aromatic N) is 2. The van der Waals surface area contributed by atoms with E-state index in [2.05, 4.69) is 9.97 Å². The number of methoxy groups -OCH3 is 1. The molecule has 1 atom stereocenters. The van der Waals surface area contributed by atoms with Crippen LogP contribution in [0.25, 0.3) is 11.0 Å². The number of hydrogen-bond donors (Lipinski definition) is 1. The van der Waals surface area contributed by atoms with Crippen molar-refractivity contribution in [2.24, 2.45) is 0 Å². The summed E-state index contributed by atoms with van der Waals surface area (Å²) in [5.74, 6) is -0.555. The van der Waals surface area contributed by atoms with Crippen molar-refractivity contribution in [3.05, 3.63) is 59.2 Å². The lowest BCUT2D eigenvalue weighted by molar-refractivity contribution is -0.141. The van der Waals surface area contributed by atoms with Gasteiger partial charge in [-0.2, -0.15) is 13.2 Å². The van der Waals surface area contributed by atoms with Crippen molar-refractivity contribution in [1.82, 2.24) is 14.9 Å². The van der Waals surface area contributed by atoms with E-state index in [1.54, 1.807) is 17.0 Å². The number of nitrogens with one attached hydrogen (secondary N) is 1. The average Bonchev–Trinajstić information content (AvgIpc) is 3.17. The first kappa shape index (κ1) is 21.1. The van der Waals surface area contributed by atoms with Crippen LogP contribution in [0.2, 0.25) is 0 Å². The molecule has 1 saturated heterocycles. The Balaban J connectivity index is 1.48. The van der Waals surface area contributed by atoms with Crippen LogP contribution in [0, 0.1) is 5.82 Å². The summed E-state index contributed by atoms with van der Waals surface area (Å²) in [5, 5.41) is 0. The molecule has 1 aromatic carbocycles.